The van der Waals surface area contributed by atoms with Gasteiger partial charge in [-0.2, -0.15) is 0 Å². The third kappa shape index (κ3) is 1.50. The molecule has 0 fully saturated rings. The number of esters is 1. The number of hydrogen-bond acceptors (Lipinski definition) is 5. The van der Waals surface area contributed by atoms with Crippen molar-refractivity contribution in [3.63, 3.8) is 0 Å². The first kappa shape index (κ1) is 9.45. The van der Waals surface area contributed by atoms with Crippen LogP contribution in [0.15, 0.2) is 12.1 Å². The van der Waals surface area contributed by atoms with E-state index in [0.29, 0.717) is 12.0 Å². The molecule has 2 rings (SSSR count). The lowest BCUT2D eigenvalue weighted by Gasteiger charge is -2.15. The maximum absolute atomic E-state index is 11.3. The number of benzene rings is 1. The lowest BCUT2D eigenvalue weighted by Crippen LogP contribution is -2.18. The van der Waals surface area contributed by atoms with Gasteiger partial charge in [-0.3, -0.25) is 10.1 Å². The van der Waals surface area contributed by atoms with Crippen LogP contribution in [0.25, 0.3) is 0 Å². The van der Waals surface area contributed by atoms with Crippen LogP contribution in [-0.4, -0.2) is 22.6 Å². The van der Waals surface area contributed by atoms with E-state index >= 15 is 0 Å². The minimum atomic E-state index is -0.629. The molecule has 0 atom stereocenters. The maximum Gasteiger partial charge on any atom is 0.338 e. The molecule has 1 aromatic rings. The summed E-state index contributed by atoms with van der Waals surface area (Å²) in [5.74, 6) is -0.936. The summed E-state index contributed by atoms with van der Waals surface area (Å²) in [7, 11) is 0. The summed E-state index contributed by atoms with van der Waals surface area (Å²) in [5.41, 5.74) is 0.170. The van der Waals surface area contributed by atoms with Crippen LogP contribution in [0, 0.1) is 10.1 Å². The van der Waals surface area contributed by atoms with Gasteiger partial charge in [0.2, 0.25) is 0 Å². The highest BCUT2D eigenvalue weighted by molar-refractivity contribution is 5.93. The number of rotatable bonds is 1. The standard InChI is InChI=1S/C9H7NO5/c11-5-3-7-6(1-2-15-9(7)12)8(4-5)10(13)14/h3-4,11H,1-2H2. The molecule has 1 aliphatic rings. The Morgan fingerprint density at radius 1 is 1.47 bits per heavy atom. The average molecular weight is 209 g/mol. The van der Waals surface area contributed by atoms with Crippen molar-refractivity contribution in [3.05, 3.63) is 33.4 Å². The predicted molar refractivity (Wildman–Crippen MR) is 48.7 cm³/mol. The van der Waals surface area contributed by atoms with E-state index in [1.54, 1.807) is 0 Å². The summed E-state index contributed by atoms with van der Waals surface area (Å²) < 4.78 is 4.72. The summed E-state index contributed by atoms with van der Waals surface area (Å²) >= 11 is 0. The van der Waals surface area contributed by atoms with Gasteiger partial charge in [0.15, 0.2) is 0 Å². The summed E-state index contributed by atoms with van der Waals surface area (Å²) in [6.07, 6.45) is 0.303. The fraction of sp³-hybridized carbons (Fsp3) is 0.222. The highest BCUT2D eigenvalue weighted by atomic mass is 16.6. The van der Waals surface area contributed by atoms with Gasteiger partial charge in [-0.25, -0.2) is 4.79 Å². The molecule has 0 amide bonds. The van der Waals surface area contributed by atoms with E-state index in [2.05, 4.69) is 0 Å². The van der Waals surface area contributed by atoms with E-state index in [1.165, 1.54) is 6.07 Å². The van der Waals surface area contributed by atoms with Gasteiger partial charge in [-0.1, -0.05) is 0 Å². The molecule has 0 saturated carbocycles. The molecule has 6 nitrogen and oxygen atoms in total. The molecular weight excluding hydrogens is 202 g/mol. The number of nitro groups is 1. The largest absolute Gasteiger partial charge is 0.508 e. The molecule has 1 aromatic carbocycles. The van der Waals surface area contributed by atoms with Gasteiger partial charge in [0.05, 0.1) is 23.2 Å². The van der Waals surface area contributed by atoms with Crippen LogP contribution in [0.1, 0.15) is 15.9 Å². The van der Waals surface area contributed by atoms with Gasteiger partial charge < -0.3 is 9.84 Å². The van der Waals surface area contributed by atoms with Crippen LogP contribution >= 0.6 is 0 Å². The Morgan fingerprint density at radius 3 is 2.87 bits per heavy atom. The molecular formula is C9H7NO5. The van der Waals surface area contributed by atoms with Crippen LogP contribution in [0.4, 0.5) is 5.69 Å². The van der Waals surface area contributed by atoms with Crippen LogP contribution in [0.2, 0.25) is 0 Å². The SMILES string of the molecule is O=C1OCCc2c1cc(O)cc2[N+](=O)[O-]. The Balaban J connectivity index is 2.67. The molecule has 15 heavy (non-hydrogen) atoms. The highest BCUT2D eigenvalue weighted by Crippen LogP contribution is 2.31. The van der Waals surface area contributed by atoms with Gasteiger partial charge in [-0.15, -0.1) is 0 Å². The number of hydrogen-bond donors (Lipinski definition) is 1. The van der Waals surface area contributed by atoms with Gasteiger partial charge in [0, 0.05) is 12.0 Å². The zero-order valence-corrected chi connectivity index (χ0v) is 7.60. The van der Waals surface area contributed by atoms with Crippen molar-refractivity contribution >= 4 is 11.7 Å². The van der Waals surface area contributed by atoms with E-state index in [0.717, 1.165) is 6.07 Å². The number of nitro benzene ring substituents is 1. The molecule has 0 radical (unpaired) electrons. The minimum Gasteiger partial charge on any atom is -0.508 e. The summed E-state index contributed by atoms with van der Waals surface area (Å²) in [6, 6.07) is 2.22. The van der Waals surface area contributed by atoms with Crippen molar-refractivity contribution < 1.29 is 19.6 Å². The molecule has 0 saturated heterocycles. The highest BCUT2D eigenvalue weighted by Gasteiger charge is 2.27. The topological polar surface area (TPSA) is 89.7 Å². The first-order valence-corrected chi connectivity index (χ1v) is 4.27. The molecule has 78 valence electrons. The van der Waals surface area contributed by atoms with Crippen molar-refractivity contribution in [1.29, 1.82) is 0 Å². The predicted octanol–water partition coefficient (Wildman–Crippen LogP) is 1.01. The molecule has 1 N–H and O–H groups in total. The van der Waals surface area contributed by atoms with Gasteiger partial charge in [-0.05, 0) is 6.07 Å². The molecule has 0 aliphatic carbocycles. The molecule has 1 heterocycles. The van der Waals surface area contributed by atoms with Crippen LogP contribution in [-0.2, 0) is 11.2 Å². The van der Waals surface area contributed by atoms with E-state index < -0.39 is 10.9 Å². The minimum absolute atomic E-state index is 0.0768. The number of phenols is 1. The second-order valence-corrected chi connectivity index (χ2v) is 3.13. The van der Waals surface area contributed by atoms with Gasteiger partial charge >= 0.3 is 5.97 Å². The van der Waals surface area contributed by atoms with E-state index in [-0.39, 0.29) is 23.6 Å². The average Bonchev–Trinajstić information content (AvgIpc) is 2.18. The first-order valence-electron chi connectivity index (χ1n) is 4.27. The normalized spacial score (nSPS) is 14.3. The van der Waals surface area contributed by atoms with Crippen LogP contribution in [0.5, 0.6) is 5.75 Å². The van der Waals surface area contributed by atoms with Gasteiger partial charge in [0.1, 0.15) is 5.75 Å². The second-order valence-electron chi connectivity index (χ2n) is 3.13. The second kappa shape index (κ2) is 3.23. The number of carbonyl (C=O) groups excluding carboxylic acids is 1. The van der Waals surface area contributed by atoms with E-state index in [1.807, 2.05) is 0 Å². The number of cyclic esters (lactones) is 1. The lowest BCUT2D eigenvalue weighted by atomic mass is 10.0. The molecule has 0 unspecified atom stereocenters. The van der Waals surface area contributed by atoms with Crippen molar-refractivity contribution in [3.8, 4) is 5.75 Å². The van der Waals surface area contributed by atoms with E-state index in [4.69, 9.17) is 4.74 Å². The fourth-order valence-electron chi connectivity index (χ4n) is 1.57. The van der Waals surface area contributed by atoms with Crippen molar-refractivity contribution in [2.75, 3.05) is 6.61 Å². The zero-order valence-electron chi connectivity index (χ0n) is 7.60. The molecule has 6 heteroatoms. The summed E-state index contributed by atoms with van der Waals surface area (Å²) in [5, 5.41) is 19.9. The molecule has 1 aliphatic heterocycles. The monoisotopic (exact) mass is 209 g/mol. The van der Waals surface area contributed by atoms with E-state index in [9.17, 15) is 20.0 Å². The number of fused-ring (bicyclic) bond motifs is 1. The Bertz CT molecular complexity index is 437. The maximum atomic E-state index is 11.3. The first-order chi connectivity index (χ1) is 7.09. The summed E-state index contributed by atoms with van der Waals surface area (Å²) in [4.78, 5) is 21.3. The Morgan fingerprint density at radius 2 is 2.20 bits per heavy atom. The number of aromatic hydroxyl groups is 1. The fourth-order valence-corrected chi connectivity index (χ4v) is 1.57. The van der Waals surface area contributed by atoms with Crippen molar-refractivity contribution in [2.24, 2.45) is 0 Å². The number of phenolic OH excluding ortho intramolecular Hbond substituents is 1. The third-order valence-corrected chi connectivity index (χ3v) is 2.21. The Hall–Kier alpha value is -2.11. The number of nitrogens with zero attached hydrogens (tertiary/aromatic N) is 1. The Kier molecular flexibility index (Phi) is 2.03. The molecule has 0 aromatic heterocycles. The Labute approximate surface area is 84.2 Å². The lowest BCUT2D eigenvalue weighted by molar-refractivity contribution is -0.385. The molecule has 0 spiro atoms. The number of ether oxygens (including phenoxy) is 1. The third-order valence-electron chi connectivity index (χ3n) is 2.21. The van der Waals surface area contributed by atoms with Crippen molar-refractivity contribution in [2.45, 2.75) is 6.42 Å². The van der Waals surface area contributed by atoms with Crippen LogP contribution in [0.3, 0.4) is 0 Å². The quantitative estimate of drug-likeness (QED) is 0.423. The van der Waals surface area contributed by atoms with Crippen LogP contribution < -0.4 is 0 Å². The van der Waals surface area contributed by atoms with Gasteiger partial charge in [0.25, 0.3) is 5.69 Å². The van der Waals surface area contributed by atoms with Crippen molar-refractivity contribution in [1.82, 2.24) is 0 Å². The number of carbonyl (C=O) groups is 1. The molecule has 0 bridgehead atoms. The summed E-state index contributed by atoms with van der Waals surface area (Å²) in [6.45, 7) is 0.136. The zero-order chi connectivity index (χ0) is 11.0. The smallest absolute Gasteiger partial charge is 0.338 e.